The van der Waals surface area contributed by atoms with Crippen molar-refractivity contribution < 1.29 is 19.4 Å². The molecule has 1 aromatic rings. The number of aliphatic carboxylic acids is 1. The zero-order chi connectivity index (χ0) is 20.0. The fourth-order valence-corrected chi connectivity index (χ4v) is 4.77. The molecule has 1 aromatic carbocycles. The molecule has 0 radical (unpaired) electrons. The van der Waals surface area contributed by atoms with Gasteiger partial charge in [0, 0.05) is 45.5 Å². The first-order valence-electron chi connectivity index (χ1n) is 10.3. The molecule has 0 atom stereocenters. The molecule has 3 rings (SSSR count). The second kappa shape index (κ2) is 9.52. The first-order valence-corrected chi connectivity index (χ1v) is 10.3. The Morgan fingerprint density at radius 3 is 2.68 bits per heavy atom. The van der Waals surface area contributed by atoms with Gasteiger partial charge in [0.15, 0.2) is 0 Å². The van der Waals surface area contributed by atoms with Gasteiger partial charge in [0.2, 0.25) is 5.91 Å². The number of carboxylic acid groups (broad SMARTS) is 1. The fourth-order valence-electron chi connectivity index (χ4n) is 4.77. The van der Waals surface area contributed by atoms with Crippen LogP contribution < -0.4 is 5.32 Å². The van der Waals surface area contributed by atoms with E-state index in [1.807, 2.05) is 12.1 Å². The average molecular weight is 389 g/mol. The number of rotatable bonds is 9. The zero-order valence-electron chi connectivity index (χ0n) is 16.8. The molecule has 28 heavy (non-hydrogen) atoms. The van der Waals surface area contributed by atoms with Gasteiger partial charge in [0.1, 0.15) is 0 Å². The minimum Gasteiger partial charge on any atom is -0.481 e. The normalized spacial score (nSPS) is 18.6. The highest BCUT2D eigenvalue weighted by Crippen LogP contribution is 2.42. The van der Waals surface area contributed by atoms with Gasteiger partial charge in [-0.2, -0.15) is 0 Å². The van der Waals surface area contributed by atoms with Crippen molar-refractivity contribution in [3.05, 3.63) is 29.3 Å². The zero-order valence-corrected chi connectivity index (χ0v) is 16.8. The Labute approximate surface area is 167 Å². The minimum absolute atomic E-state index is 0.0608. The molecule has 0 saturated heterocycles. The highest BCUT2D eigenvalue weighted by Gasteiger charge is 2.36. The Morgan fingerprint density at radius 2 is 1.96 bits per heavy atom. The van der Waals surface area contributed by atoms with Gasteiger partial charge in [-0.05, 0) is 41.9 Å². The van der Waals surface area contributed by atoms with E-state index in [9.17, 15) is 14.7 Å². The summed E-state index contributed by atoms with van der Waals surface area (Å²) in [7, 11) is 1.72. The summed E-state index contributed by atoms with van der Waals surface area (Å²) in [6, 6.07) is 6.06. The lowest BCUT2D eigenvalue weighted by atomic mass is 9.69. The molecule has 6 nitrogen and oxygen atoms in total. The number of amides is 1. The third kappa shape index (κ3) is 5.32. The Kier molecular flexibility index (Phi) is 7.08. The van der Waals surface area contributed by atoms with Crippen LogP contribution in [0.5, 0.6) is 0 Å². The van der Waals surface area contributed by atoms with Crippen LogP contribution in [0.15, 0.2) is 18.2 Å². The standard InChI is InChI=1S/C22H32N2O4/c1-28-12-6-11-24-15-17-7-5-8-19(18(17)16-24)23-20(25)13-22(14-21(26)27)9-3-2-4-10-22/h5,7-8H,2-4,6,9-16H2,1H3,(H,23,25)(H,26,27). The molecule has 2 aliphatic rings. The van der Waals surface area contributed by atoms with Crippen molar-refractivity contribution in [1.82, 2.24) is 4.90 Å². The molecule has 0 spiro atoms. The van der Waals surface area contributed by atoms with E-state index in [1.54, 1.807) is 7.11 Å². The van der Waals surface area contributed by atoms with E-state index in [4.69, 9.17) is 4.74 Å². The highest BCUT2D eigenvalue weighted by molar-refractivity contribution is 5.92. The Hall–Kier alpha value is -1.92. The molecule has 1 amide bonds. The van der Waals surface area contributed by atoms with Crippen molar-refractivity contribution in [2.45, 2.75) is 64.5 Å². The minimum atomic E-state index is -0.804. The van der Waals surface area contributed by atoms with E-state index in [1.165, 1.54) is 11.1 Å². The largest absolute Gasteiger partial charge is 0.481 e. The smallest absolute Gasteiger partial charge is 0.303 e. The number of carboxylic acids is 1. The molecule has 154 valence electrons. The van der Waals surface area contributed by atoms with Crippen molar-refractivity contribution >= 4 is 17.6 Å². The maximum absolute atomic E-state index is 12.8. The number of ether oxygens (including phenoxy) is 1. The molecule has 2 N–H and O–H groups in total. The summed E-state index contributed by atoms with van der Waals surface area (Å²) in [6.45, 7) is 3.45. The first-order chi connectivity index (χ1) is 13.5. The molecule has 1 aliphatic heterocycles. The number of carbonyl (C=O) groups is 2. The topological polar surface area (TPSA) is 78.9 Å². The molecule has 6 heteroatoms. The summed E-state index contributed by atoms with van der Waals surface area (Å²) < 4.78 is 5.14. The van der Waals surface area contributed by atoms with Crippen LogP contribution in [0.4, 0.5) is 5.69 Å². The summed E-state index contributed by atoms with van der Waals surface area (Å²) in [4.78, 5) is 26.6. The number of nitrogens with one attached hydrogen (secondary N) is 1. The lowest BCUT2D eigenvalue weighted by molar-refractivity contribution is -0.140. The van der Waals surface area contributed by atoms with Crippen molar-refractivity contribution in [2.24, 2.45) is 5.41 Å². The average Bonchev–Trinajstić information content (AvgIpc) is 3.06. The first kappa shape index (κ1) is 20.8. The van der Waals surface area contributed by atoms with E-state index >= 15 is 0 Å². The third-order valence-electron chi connectivity index (χ3n) is 6.12. The molecular formula is C22H32N2O4. The Bertz CT molecular complexity index is 698. The SMILES string of the molecule is COCCCN1Cc2cccc(NC(=O)CC3(CC(=O)O)CCCCC3)c2C1. The lowest BCUT2D eigenvalue weighted by Gasteiger charge is -2.35. The molecule has 1 heterocycles. The van der Waals surface area contributed by atoms with Crippen LogP contribution >= 0.6 is 0 Å². The number of carbonyl (C=O) groups excluding carboxylic acids is 1. The van der Waals surface area contributed by atoms with E-state index in [-0.39, 0.29) is 12.3 Å². The third-order valence-corrected chi connectivity index (χ3v) is 6.12. The Balaban J connectivity index is 1.64. The fraction of sp³-hybridized carbons (Fsp3) is 0.636. The lowest BCUT2D eigenvalue weighted by Crippen LogP contribution is -2.32. The van der Waals surface area contributed by atoms with Gasteiger partial charge in [-0.15, -0.1) is 0 Å². The van der Waals surface area contributed by atoms with Gasteiger partial charge in [-0.3, -0.25) is 14.5 Å². The molecule has 1 saturated carbocycles. The summed E-state index contributed by atoms with van der Waals surface area (Å²) in [6.07, 6.45) is 6.17. The number of anilines is 1. The van der Waals surface area contributed by atoms with Crippen LogP contribution in [-0.4, -0.2) is 42.1 Å². The predicted octanol–water partition coefficient (Wildman–Crippen LogP) is 3.79. The second-order valence-electron chi connectivity index (χ2n) is 8.36. The summed E-state index contributed by atoms with van der Waals surface area (Å²) in [5.74, 6) is -0.864. The number of fused-ring (bicyclic) bond motifs is 1. The molecule has 0 aromatic heterocycles. The van der Waals surface area contributed by atoms with Gasteiger partial charge in [0.25, 0.3) is 0 Å². The van der Waals surface area contributed by atoms with Gasteiger partial charge in [-0.1, -0.05) is 31.4 Å². The summed E-state index contributed by atoms with van der Waals surface area (Å²) in [5, 5.41) is 12.4. The maximum atomic E-state index is 12.8. The van der Waals surface area contributed by atoms with Crippen LogP contribution in [0.25, 0.3) is 0 Å². The van der Waals surface area contributed by atoms with Crippen molar-refractivity contribution in [1.29, 1.82) is 0 Å². The second-order valence-corrected chi connectivity index (χ2v) is 8.36. The van der Waals surface area contributed by atoms with Crippen LogP contribution in [-0.2, 0) is 27.4 Å². The number of hydrogen-bond acceptors (Lipinski definition) is 4. The van der Waals surface area contributed by atoms with Gasteiger partial charge < -0.3 is 15.2 Å². The molecule has 0 unspecified atom stereocenters. The van der Waals surface area contributed by atoms with Crippen molar-refractivity contribution in [3.8, 4) is 0 Å². The molecular weight excluding hydrogens is 356 g/mol. The van der Waals surface area contributed by atoms with Gasteiger partial charge in [0.05, 0.1) is 6.42 Å². The monoisotopic (exact) mass is 388 g/mol. The van der Waals surface area contributed by atoms with E-state index in [2.05, 4.69) is 16.3 Å². The van der Waals surface area contributed by atoms with Gasteiger partial charge in [-0.25, -0.2) is 0 Å². The van der Waals surface area contributed by atoms with E-state index < -0.39 is 11.4 Å². The quantitative estimate of drug-likeness (QED) is 0.629. The van der Waals surface area contributed by atoms with Gasteiger partial charge >= 0.3 is 5.97 Å². The van der Waals surface area contributed by atoms with Crippen molar-refractivity contribution in [2.75, 3.05) is 25.6 Å². The Morgan fingerprint density at radius 1 is 1.18 bits per heavy atom. The van der Waals surface area contributed by atoms with Crippen LogP contribution in [0, 0.1) is 5.41 Å². The van der Waals surface area contributed by atoms with Crippen molar-refractivity contribution in [3.63, 3.8) is 0 Å². The molecule has 1 aliphatic carbocycles. The number of methoxy groups -OCH3 is 1. The van der Waals surface area contributed by atoms with Crippen LogP contribution in [0.2, 0.25) is 0 Å². The number of hydrogen-bond donors (Lipinski definition) is 2. The number of benzene rings is 1. The van der Waals surface area contributed by atoms with Crippen LogP contribution in [0.1, 0.15) is 62.5 Å². The molecule has 1 fully saturated rings. The highest BCUT2D eigenvalue weighted by atomic mass is 16.5. The summed E-state index contributed by atoms with van der Waals surface area (Å²) in [5.41, 5.74) is 2.92. The maximum Gasteiger partial charge on any atom is 0.303 e. The van der Waals surface area contributed by atoms with E-state index in [0.29, 0.717) is 6.42 Å². The predicted molar refractivity (Wildman–Crippen MR) is 108 cm³/mol. The summed E-state index contributed by atoms with van der Waals surface area (Å²) >= 11 is 0. The van der Waals surface area contributed by atoms with Crippen LogP contribution in [0.3, 0.4) is 0 Å². The van der Waals surface area contributed by atoms with E-state index in [0.717, 1.165) is 70.5 Å². The number of nitrogens with zero attached hydrogens (tertiary/aromatic N) is 1. The molecule has 0 bridgehead atoms.